The molecule has 0 unspecified atom stereocenters. The number of nitrogens with zero attached hydrogens (tertiary/aromatic N) is 4. The molecule has 0 spiro atoms. The Morgan fingerprint density at radius 1 is 1.07 bits per heavy atom. The lowest BCUT2D eigenvalue weighted by Crippen LogP contribution is -2.50. The number of hydrogen-bond acceptors (Lipinski definition) is 5. The highest BCUT2D eigenvalue weighted by molar-refractivity contribution is 5.95. The van der Waals surface area contributed by atoms with Crippen molar-refractivity contribution in [1.82, 2.24) is 4.90 Å². The van der Waals surface area contributed by atoms with Crippen molar-refractivity contribution in [1.29, 1.82) is 5.26 Å². The SMILES string of the molecule is Cc1ccc(N(CCC#N)C(=O)CN2CCN(c3ccc(O)cc3)CC2)cc1C. The number of nitriles is 1. The van der Waals surface area contributed by atoms with E-state index >= 15 is 0 Å². The maximum atomic E-state index is 13.0. The van der Waals surface area contributed by atoms with Crippen LogP contribution in [0.25, 0.3) is 0 Å². The summed E-state index contributed by atoms with van der Waals surface area (Å²) >= 11 is 0. The molecular weight excluding hydrogens is 364 g/mol. The molecule has 0 atom stereocenters. The van der Waals surface area contributed by atoms with Gasteiger partial charge < -0.3 is 14.9 Å². The largest absolute Gasteiger partial charge is 0.508 e. The van der Waals surface area contributed by atoms with Crippen molar-refractivity contribution in [3.05, 3.63) is 53.6 Å². The molecule has 1 aliphatic heterocycles. The van der Waals surface area contributed by atoms with Gasteiger partial charge in [0.1, 0.15) is 5.75 Å². The number of anilines is 2. The van der Waals surface area contributed by atoms with Crippen LogP contribution >= 0.6 is 0 Å². The Bertz CT molecular complexity index is 881. The van der Waals surface area contributed by atoms with Gasteiger partial charge in [0.15, 0.2) is 0 Å². The molecular formula is C23H28N4O2. The average Bonchev–Trinajstić information content (AvgIpc) is 2.72. The number of rotatable bonds is 6. The van der Waals surface area contributed by atoms with Crippen molar-refractivity contribution >= 4 is 17.3 Å². The lowest BCUT2D eigenvalue weighted by Gasteiger charge is -2.36. The van der Waals surface area contributed by atoms with Gasteiger partial charge in [-0.3, -0.25) is 9.69 Å². The van der Waals surface area contributed by atoms with Crippen molar-refractivity contribution in [2.45, 2.75) is 20.3 Å². The third-order valence-corrected chi connectivity index (χ3v) is 5.50. The van der Waals surface area contributed by atoms with E-state index in [1.807, 2.05) is 44.2 Å². The fourth-order valence-corrected chi connectivity index (χ4v) is 3.56. The summed E-state index contributed by atoms with van der Waals surface area (Å²) < 4.78 is 0. The number of phenols is 1. The highest BCUT2D eigenvalue weighted by atomic mass is 16.3. The van der Waals surface area contributed by atoms with Crippen LogP contribution in [0.4, 0.5) is 11.4 Å². The molecule has 1 aliphatic rings. The minimum atomic E-state index is 0.0292. The van der Waals surface area contributed by atoms with Crippen LogP contribution in [0.3, 0.4) is 0 Å². The first kappa shape index (κ1) is 20.7. The van der Waals surface area contributed by atoms with Gasteiger partial charge in [-0.2, -0.15) is 5.26 Å². The van der Waals surface area contributed by atoms with Gasteiger partial charge in [0.25, 0.3) is 0 Å². The van der Waals surface area contributed by atoms with E-state index in [1.54, 1.807) is 17.0 Å². The molecule has 2 aromatic rings. The molecule has 2 aromatic carbocycles. The van der Waals surface area contributed by atoms with Gasteiger partial charge in [-0.25, -0.2) is 0 Å². The lowest BCUT2D eigenvalue weighted by atomic mass is 10.1. The van der Waals surface area contributed by atoms with Gasteiger partial charge in [-0.15, -0.1) is 0 Å². The molecule has 6 nitrogen and oxygen atoms in total. The lowest BCUT2D eigenvalue weighted by molar-refractivity contribution is -0.119. The third-order valence-electron chi connectivity index (χ3n) is 5.50. The summed E-state index contributed by atoms with van der Waals surface area (Å²) in [4.78, 5) is 19.2. The van der Waals surface area contributed by atoms with E-state index in [0.29, 0.717) is 19.5 Å². The molecule has 1 amide bonds. The number of carbonyl (C=O) groups excluding carboxylic acids is 1. The zero-order chi connectivity index (χ0) is 20.8. The van der Waals surface area contributed by atoms with Crippen LogP contribution in [0.2, 0.25) is 0 Å². The van der Waals surface area contributed by atoms with Gasteiger partial charge in [-0.05, 0) is 61.4 Å². The molecule has 3 rings (SSSR count). The van der Waals surface area contributed by atoms with Gasteiger partial charge in [-0.1, -0.05) is 6.07 Å². The topological polar surface area (TPSA) is 70.8 Å². The Morgan fingerprint density at radius 2 is 1.76 bits per heavy atom. The summed E-state index contributed by atoms with van der Waals surface area (Å²) in [5.41, 5.74) is 4.27. The Hall–Kier alpha value is -3.04. The minimum absolute atomic E-state index is 0.0292. The van der Waals surface area contributed by atoms with E-state index in [4.69, 9.17) is 5.26 Å². The quantitative estimate of drug-likeness (QED) is 0.818. The second-order valence-corrected chi connectivity index (χ2v) is 7.50. The zero-order valence-corrected chi connectivity index (χ0v) is 17.1. The number of hydrogen-bond donors (Lipinski definition) is 1. The molecule has 0 bridgehead atoms. The van der Waals surface area contributed by atoms with Crippen LogP contribution < -0.4 is 9.80 Å². The van der Waals surface area contributed by atoms with E-state index in [0.717, 1.165) is 43.1 Å². The predicted molar refractivity (Wildman–Crippen MR) is 115 cm³/mol. The number of amides is 1. The van der Waals surface area contributed by atoms with Crippen molar-refractivity contribution < 1.29 is 9.90 Å². The summed E-state index contributed by atoms with van der Waals surface area (Å²) in [5.74, 6) is 0.295. The molecule has 29 heavy (non-hydrogen) atoms. The summed E-state index contributed by atoms with van der Waals surface area (Å²) in [6, 6.07) is 15.4. The number of aromatic hydroxyl groups is 1. The molecule has 1 N–H and O–H groups in total. The van der Waals surface area contributed by atoms with E-state index < -0.39 is 0 Å². The second-order valence-electron chi connectivity index (χ2n) is 7.50. The number of carbonyl (C=O) groups is 1. The monoisotopic (exact) mass is 392 g/mol. The highest BCUT2D eigenvalue weighted by Gasteiger charge is 2.23. The van der Waals surface area contributed by atoms with Crippen molar-refractivity contribution in [2.75, 3.05) is 49.1 Å². The van der Waals surface area contributed by atoms with Crippen LogP contribution in [0.15, 0.2) is 42.5 Å². The molecule has 0 aliphatic carbocycles. The Morgan fingerprint density at radius 3 is 2.38 bits per heavy atom. The predicted octanol–water partition coefficient (Wildman–Crippen LogP) is 3.08. The summed E-state index contributed by atoms with van der Waals surface area (Å²) in [6.07, 6.45) is 0.313. The number of phenolic OH excluding ortho intramolecular Hbond substituents is 1. The molecule has 0 saturated carbocycles. The first-order chi connectivity index (χ1) is 14.0. The highest BCUT2D eigenvalue weighted by Crippen LogP contribution is 2.21. The molecule has 1 heterocycles. The van der Waals surface area contributed by atoms with Gasteiger partial charge in [0.2, 0.25) is 5.91 Å². The maximum absolute atomic E-state index is 13.0. The Kier molecular flexibility index (Phi) is 6.73. The first-order valence-electron chi connectivity index (χ1n) is 9.99. The van der Waals surface area contributed by atoms with Gasteiger partial charge in [0.05, 0.1) is 19.0 Å². The summed E-state index contributed by atoms with van der Waals surface area (Å²) in [6.45, 7) is 8.10. The average molecular weight is 393 g/mol. The molecule has 6 heteroatoms. The first-order valence-corrected chi connectivity index (χ1v) is 9.99. The maximum Gasteiger partial charge on any atom is 0.241 e. The summed E-state index contributed by atoms with van der Waals surface area (Å²) in [7, 11) is 0. The molecule has 1 fully saturated rings. The van der Waals surface area contributed by atoms with Crippen LogP contribution in [-0.2, 0) is 4.79 Å². The van der Waals surface area contributed by atoms with Crippen LogP contribution in [0.5, 0.6) is 5.75 Å². The van der Waals surface area contributed by atoms with Crippen LogP contribution in [0, 0.1) is 25.2 Å². The second kappa shape index (κ2) is 9.44. The normalized spacial score (nSPS) is 14.4. The van der Waals surface area contributed by atoms with E-state index in [2.05, 4.69) is 15.9 Å². The van der Waals surface area contributed by atoms with Crippen molar-refractivity contribution in [2.24, 2.45) is 0 Å². The number of benzene rings is 2. The van der Waals surface area contributed by atoms with Crippen LogP contribution in [0.1, 0.15) is 17.5 Å². The molecule has 152 valence electrons. The fraction of sp³-hybridized carbons (Fsp3) is 0.391. The smallest absolute Gasteiger partial charge is 0.241 e. The summed E-state index contributed by atoms with van der Waals surface area (Å²) in [5, 5.41) is 18.4. The Balaban J connectivity index is 1.61. The minimum Gasteiger partial charge on any atom is -0.508 e. The van der Waals surface area contributed by atoms with Crippen molar-refractivity contribution in [3.8, 4) is 11.8 Å². The molecule has 0 aromatic heterocycles. The molecule has 1 saturated heterocycles. The zero-order valence-electron chi connectivity index (χ0n) is 17.1. The van der Waals surface area contributed by atoms with Gasteiger partial charge >= 0.3 is 0 Å². The van der Waals surface area contributed by atoms with Crippen LogP contribution in [-0.4, -0.2) is 55.2 Å². The van der Waals surface area contributed by atoms with E-state index in [1.165, 1.54) is 5.56 Å². The van der Waals surface area contributed by atoms with Gasteiger partial charge in [0, 0.05) is 44.1 Å². The number of piperazine rings is 1. The standard InChI is InChI=1S/C23H28N4O2/c1-18-4-5-21(16-19(18)2)27(11-3-10-24)23(29)17-25-12-14-26(15-13-25)20-6-8-22(28)9-7-20/h4-9,16,28H,3,11-15,17H2,1-2H3. The van der Waals surface area contributed by atoms with Crippen molar-refractivity contribution in [3.63, 3.8) is 0 Å². The third kappa shape index (κ3) is 5.27. The van der Waals surface area contributed by atoms with E-state index in [-0.39, 0.29) is 11.7 Å². The molecule has 0 radical (unpaired) electrons. The number of aryl methyl sites for hydroxylation is 2. The Labute approximate surface area is 172 Å². The fourth-order valence-electron chi connectivity index (χ4n) is 3.56. The van der Waals surface area contributed by atoms with E-state index in [9.17, 15) is 9.90 Å².